The number of alkyl halides is 1. The number of carbonyl (C=O) groups excluding carboxylic acids is 1. The molecule has 1 unspecified atom stereocenters. The van der Waals surface area contributed by atoms with Crippen LogP contribution in [0.15, 0.2) is 36.8 Å². The zero-order valence-corrected chi connectivity index (χ0v) is 18.2. The van der Waals surface area contributed by atoms with Crippen molar-refractivity contribution in [1.82, 2.24) is 14.8 Å². The van der Waals surface area contributed by atoms with Gasteiger partial charge in [-0.15, -0.1) is 0 Å². The fraction of sp³-hybridized carbons (Fsp3) is 0.480. The van der Waals surface area contributed by atoms with Crippen molar-refractivity contribution in [3.63, 3.8) is 0 Å². The Balaban J connectivity index is 1.44. The molecule has 0 radical (unpaired) electrons. The fourth-order valence-corrected chi connectivity index (χ4v) is 4.65. The van der Waals surface area contributed by atoms with Gasteiger partial charge in [-0.2, -0.15) is 5.10 Å². The topological polar surface area (TPSA) is 47.8 Å². The van der Waals surface area contributed by atoms with E-state index in [1.165, 1.54) is 12.3 Å². The Hall–Kier alpha value is -2.63. The molecule has 1 aliphatic carbocycles. The largest absolute Gasteiger partial charge is 0.299 e. The number of nitrogens with zero attached hydrogens (tertiary/aromatic N) is 3. The molecule has 164 valence electrons. The number of pyridine rings is 1. The molecule has 31 heavy (non-hydrogen) atoms. The molecular formula is C25H29F2N3O. The second-order valence-electron chi connectivity index (χ2n) is 8.98. The predicted octanol–water partition coefficient (Wildman–Crippen LogP) is 5.83. The zero-order chi connectivity index (χ0) is 22.0. The standard InChI is InChI=1S/C25H29F2N3O/c1-16(26)3-4-17-5-7-18(8-6-17)25(31)12-22-10-20-9-19(21-13-29-30(2)15-21)11-24(27)23(20)14-28-22/h9-11,13-18H,3-8,12H2,1-2H3. The lowest BCUT2D eigenvalue weighted by Crippen LogP contribution is -2.23. The quantitative estimate of drug-likeness (QED) is 0.478. The van der Waals surface area contributed by atoms with E-state index in [0.717, 1.165) is 48.6 Å². The molecular weight excluding hydrogens is 396 g/mol. The SMILES string of the molecule is CC(F)CCC1CCC(C(=O)Cc2cc3cc(-c4cnn(C)c4)cc(F)c3cn2)CC1. The minimum atomic E-state index is -0.748. The van der Waals surface area contributed by atoms with E-state index >= 15 is 0 Å². The van der Waals surface area contributed by atoms with Gasteiger partial charge < -0.3 is 0 Å². The number of hydrogen-bond acceptors (Lipinski definition) is 3. The fourth-order valence-electron chi connectivity index (χ4n) is 4.65. The van der Waals surface area contributed by atoms with Crippen LogP contribution in [0.1, 0.15) is 51.1 Å². The normalized spacial score (nSPS) is 20.1. The van der Waals surface area contributed by atoms with Crippen LogP contribution >= 0.6 is 0 Å². The highest BCUT2D eigenvalue weighted by molar-refractivity contribution is 5.89. The molecule has 0 spiro atoms. The lowest BCUT2D eigenvalue weighted by Gasteiger charge is -2.27. The number of fused-ring (bicyclic) bond motifs is 1. The second kappa shape index (κ2) is 9.25. The Morgan fingerprint density at radius 1 is 1.16 bits per heavy atom. The summed E-state index contributed by atoms with van der Waals surface area (Å²) in [6, 6.07) is 5.24. The average molecular weight is 426 g/mol. The number of benzene rings is 1. The van der Waals surface area contributed by atoms with Crippen LogP contribution < -0.4 is 0 Å². The monoisotopic (exact) mass is 425 g/mol. The van der Waals surface area contributed by atoms with Crippen LogP contribution in [0.5, 0.6) is 0 Å². The summed E-state index contributed by atoms with van der Waals surface area (Å²) in [6.45, 7) is 1.61. The number of aromatic nitrogens is 3. The summed E-state index contributed by atoms with van der Waals surface area (Å²) in [5, 5.41) is 5.34. The Morgan fingerprint density at radius 2 is 1.94 bits per heavy atom. The van der Waals surface area contributed by atoms with Crippen LogP contribution in [-0.4, -0.2) is 26.7 Å². The number of ketones is 1. The highest BCUT2D eigenvalue weighted by Crippen LogP contribution is 2.33. The Morgan fingerprint density at radius 3 is 2.61 bits per heavy atom. The molecule has 1 atom stereocenters. The van der Waals surface area contributed by atoms with Crippen molar-refractivity contribution in [2.24, 2.45) is 18.9 Å². The Labute approximate surface area is 181 Å². The van der Waals surface area contributed by atoms with Crippen molar-refractivity contribution < 1.29 is 13.6 Å². The molecule has 2 aromatic heterocycles. The summed E-state index contributed by atoms with van der Waals surface area (Å²) in [5.74, 6) is 0.459. The molecule has 4 rings (SSSR count). The van der Waals surface area contributed by atoms with Crippen molar-refractivity contribution in [1.29, 1.82) is 0 Å². The molecule has 0 amide bonds. The molecule has 2 heterocycles. The van der Waals surface area contributed by atoms with Crippen molar-refractivity contribution >= 4 is 16.6 Å². The summed E-state index contributed by atoms with van der Waals surface area (Å²) >= 11 is 0. The molecule has 6 heteroatoms. The van der Waals surface area contributed by atoms with E-state index in [0.29, 0.717) is 23.4 Å². The zero-order valence-electron chi connectivity index (χ0n) is 18.2. The van der Waals surface area contributed by atoms with Crippen molar-refractivity contribution in [2.75, 3.05) is 0 Å². The number of aryl methyl sites for hydroxylation is 1. The highest BCUT2D eigenvalue weighted by atomic mass is 19.1. The van der Waals surface area contributed by atoms with Crippen LogP contribution in [0.3, 0.4) is 0 Å². The molecule has 1 aromatic carbocycles. The first-order valence-electron chi connectivity index (χ1n) is 11.1. The third kappa shape index (κ3) is 5.17. The number of halogens is 2. The van der Waals surface area contributed by atoms with E-state index in [1.54, 1.807) is 17.8 Å². The molecule has 0 saturated heterocycles. The second-order valence-corrected chi connectivity index (χ2v) is 8.98. The van der Waals surface area contributed by atoms with Gasteiger partial charge in [0.15, 0.2) is 0 Å². The van der Waals surface area contributed by atoms with Crippen molar-refractivity contribution in [3.8, 4) is 11.1 Å². The molecule has 1 aliphatic rings. The molecule has 3 aromatic rings. The van der Waals surface area contributed by atoms with E-state index in [-0.39, 0.29) is 23.9 Å². The maximum Gasteiger partial charge on any atom is 0.141 e. The summed E-state index contributed by atoms with van der Waals surface area (Å²) in [5.41, 5.74) is 2.27. The lowest BCUT2D eigenvalue weighted by molar-refractivity contribution is -0.123. The van der Waals surface area contributed by atoms with Crippen LogP contribution in [-0.2, 0) is 18.3 Å². The van der Waals surface area contributed by atoms with E-state index in [4.69, 9.17) is 0 Å². The molecule has 1 fully saturated rings. The number of carbonyl (C=O) groups is 1. The van der Waals surface area contributed by atoms with Crippen molar-refractivity contribution in [2.45, 2.75) is 58.0 Å². The van der Waals surface area contributed by atoms with Crippen LogP contribution in [0, 0.1) is 17.7 Å². The Kier molecular flexibility index (Phi) is 6.44. The van der Waals surface area contributed by atoms with Crippen LogP contribution in [0.25, 0.3) is 21.9 Å². The van der Waals surface area contributed by atoms with Gasteiger partial charge in [0.05, 0.1) is 12.4 Å². The van der Waals surface area contributed by atoms with Gasteiger partial charge in [0, 0.05) is 48.4 Å². The number of rotatable bonds is 7. The predicted molar refractivity (Wildman–Crippen MR) is 118 cm³/mol. The maximum atomic E-state index is 14.6. The van der Waals surface area contributed by atoms with Crippen molar-refractivity contribution in [3.05, 3.63) is 48.3 Å². The van der Waals surface area contributed by atoms with E-state index in [9.17, 15) is 13.6 Å². The number of Topliss-reactive ketones (excluding diaryl/α,β-unsaturated/α-hetero) is 1. The molecule has 1 saturated carbocycles. The molecule has 0 N–H and O–H groups in total. The van der Waals surface area contributed by atoms with Gasteiger partial charge in [-0.1, -0.05) is 0 Å². The van der Waals surface area contributed by atoms with Crippen LogP contribution in [0.2, 0.25) is 0 Å². The van der Waals surface area contributed by atoms with Crippen LogP contribution in [0.4, 0.5) is 8.78 Å². The van der Waals surface area contributed by atoms with E-state index in [2.05, 4.69) is 10.1 Å². The van der Waals surface area contributed by atoms with Gasteiger partial charge in [-0.05, 0) is 80.5 Å². The summed E-state index contributed by atoms with van der Waals surface area (Å²) in [4.78, 5) is 17.2. The number of hydrogen-bond donors (Lipinski definition) is 0. The molecule has 0 bridgehead atoms. The van der Waals surface area contributed by atoms with Gasteiger partial charge in [0.25, 0.3) is 0 Å². The lowest BCUT2D eigenvalue weighted by atomic mass is 9.77. The minimum absolute atomic E-state index is 0.0509. The average Bonchev–Trinajstić information content (AvgIpc) is 3.18. The summed E-state index contributed by atoms with van der Waals surface area (Å²) in [7, 11) is 1.82. The van der Waals surface area contributed by atoms with Gasteiger partial charge in [-0.25, -0.2) is 8.78 Å². The van der Waals surface area contributed by atoms with Gasteiger partial charge >= 0.3 is 0 Å². The smallest absolute Gasteiger partial charge is 0.141 e. The minimum Gasteiger partial charge on any atom is -0.299 e. The first-order valence-corrected chi connectivity index (χ1v) is 11.1. The molecule has 4 nitrogen and oxygen atoms in total. The summed E-state index contributed by atoms with van der Waals surface area (Å²) in [6.07, 6.45) is 9.85. The maximum absolute atomic E-state index is 14.6. The molecule has 0 aliphatic heterocycles. The van der Waals surface area contributed by atoms with Gasteiger partial charge in [-0.3, -0.25) is 14.5 Å². The third-order valence-corrected chi connectivity index (χ3v) is 6.51. The first-order chi connectivity index (χ1) is 14.9. The summed E-state index contributed by atoms with van der Waals surface area (Å²) < 4.78 is 29.4. The third-order valence-electron chi connectivity index (χ3n) is 6.51. The highest BCUT2D eigenvalue weighted by Gasteiger charge is 2.26. The first kappa shape index (κ1) is 21.6. The van der Waals surface area contributed by atoms with Gasteiger partial charge in [0.2, 0.25) is 0 Å². The van der Waals surface area contributed by atoms with E-state index in [1.807, 2.05) is 25.4 Å². The van der Waals surface area contributed by atoms with Gasteiger partial charge in [0.1, 0.15) is 11.6 Å². The Bertz CT molecular complexity index is 1070. The van der Waals surface area contributed by atoms with E-state index < -0.39 is 6.17 Å².